The second-order valence-electron chi connectivity index (χ2n) is 14.9. The Bertz CT molecular complexity index is 2740. The highest BCUT2D eigenvalue weighted by Gasteiger charge is 2.27. The minimum atomic E-state index is -1.29. The summed E-state index contributed by atoms with van der Waals surface area (Å²) in [7, 11) is 10.0. The zero-order valence-electron chi connectivity index (χ0n) is 44.6. The molecule has 2 aliphatic rings. The number of aromatic hydroxyl groups is 1. The van der Waals surface area contributed by atoms with E-state index in [9.17, 15) is 38.4 Å². The molecule has 0 saturated heterocycles. The van der Waals surface area contributed by atoms with Crippen LogP contribution in [0.5, 0.6) is 23.0 Å². The number of aromatic carboxylic acids is 2. The number of nitrogens with one attached hydrogen (secondary N) is 3. The predicted molar refractivity (Wildman–Crippen MR) is 292 cm³/mol. The highest BCUT2D eigenvalue weighted by Crippen LogP contribution is 2.23. The van der Waals surface area contributed by atoms with Crippen molar-refractivity contribution in [3.63, 3.8) is 0 Å². The van der Waals surface area contributed by atoms with Gasteiger partial charge in [0.2, 0.25) is 0 Å². The van der Waals surface area contributed by atoms with Crippen LogP contribution >= 0.6 is 17.0 Å². The van der Waals surface area contributed by atoms with Crippen molar-refractivity contribution in [1.29, 1.82) is 0 Å². The van der Waals surface area contributed by atoms with E-state index in [4.69, 9.17) is 34.3 Å². The summed E-state index contributed by atoms with van der Waals surface area (Å²) in [5, 5.41) is 35.1. The number of fused-ring (bicyclic) bond motifs is 2. The molecule has 0 radical (unpaired) electrons. The van der Waals surface area contributed by atoms with Gasteiger partial charge < -0.3 is 63.8 Å². The van der Waals surface area contributed by atoms with Gasteiger partial charge in [-0.3, -0.25) is 14.9 Å². The number of hydrogen-bond donors (Lipinski definition) is 6. The summed E-state index contributed by atoms with van der Waals surface area (Å²) in [5.74, 6) is -4.13. The Hall–Kier alpha value is -8.48. The van der Waals surface area contributed by atoms with E-state index in [-0.39, 0.29) is 51.0 Å². The quantitative estimate of drug-likeness (QED) is 0.0122. The fourth-order valence-electron chi connectivity index (χ4n) is 5.95. The van der Waals surface area contributed by atoms with Crippen molar-refractivity contribution in [2.24, 2.45) is 0 Å². The average Bonchev–Trinajstić information content (AvgIpc) is 4.02. The smallest absolute Gasteiger partial charge is 0.338 e. The number of benzene rings is 4. The number of allylic oxidation sites excluding steroid dienone is 2. The number of carbonyl (C=O) groups excluding carboxylic acids is 6. The summed E-state index contributed by atoms with van der Waals surface area (Å²) in [6.07, 6.45) is 13.5. The SMILES string of the molecule is Br.C/C=C/C(=O)OC(=O)/C=C/COC.C/C=C/CNC/C=C/COC.COC(=O)c1ccc(OC)cc1C(=O)OC.COc1ccc(C(=O)O)c(C(=O)O)c1.COc1ccc2c(c1)C(=O)NC2=O.Oc1ccc2c(c1)CNC2. The van der Waals surface area contributed by atoms with Crippen LogP contribution in [0.4, 0.5) is 0 Å². The maximum atomic E-state index is 11.4. The molecule has 0 spiro atoms. The Morgan fingerprint density at radius 2 is 1.06 bits per heavy atom. The van der Waals surface area contributed by atoms with Crippen molar-refractivity contribution < 1.29 is 91.6 Å². The van der Waals surface area contributed by atoms with Crippen LogP contribution < -0.4 is 30.2 Å². The number of rotatable bonds is 17. The zero-order chi connectivity index (χ0) is 57.7. The van der Waals surface area contributed by atoms with E-state index in [1.807, 2.05) is 31.2 Å². The molecule has 0 aliphatic carbocycles. The molecule has 78 heavy (non-hydrogen) atoms. The maximum absolute atomic E-state index is 11.4. The number of hydrogen-bond acceptors (Lipinski definition) is 19. The lowest BCUT2D eigenvalue weighted by atomic mass is 10.1. The van der Waals surface area contributed by atoms with E-state index in [2.05, 4.69) is 47.0 Å². The molecule has 422 valence electrons. The number of ether oxygens (including phenoxy) is 8. The Kier molecular flexibility index (Phi) is 35.5. The Balaban J connectivity index is 0.000000915. The van der Waals surface area contributed by atoms with Crippen LogP contribution in [0.2, 0.25) is 0 Å². The third-order valence-electron chi connectivity index (χ3n) is 9.70. The lowest BCUT2D eigenvalue weighted by Crippen LogP contribution is -2.19. The highest BCUT2D eigenvalue weighted by molar-refractivity contribution is 8.93. The first-order chi connectivity index (χ1) is 36.9. The van der Waals surface area contributed by atoms with Crippen LogP contribution in [-0.2, 0) is 46.4 Å². The van der Waals surface area contributed by atoms with Gasteiger partial charge in [-0.2, -0.15) is 0 Å². The molecule has 2 amide bonds. The minimum absolute atomic E-state index is 0. The molecule has 0 unspecified atom stereocenters. The number of esters is 4. The van der Waals surface area contributed by atoms with Crippen molar-refractivity contribution in [1.82, 2.24) is 16.0 Å². The van der Waals surface area contributed by atoms with E-state index in [1.165, 1.54) is 102 Å². The number of carboxylic acids is 2. The van der Waals surface area contributed by atoms with Gasteiger partial charge in [0, 0.05) is 52.6 Å². The second kappa shape index (κ2) is 39.9. The maximum Gasteiger partial charge on any atom is 0.338 e. The second-order valence-corrected chi connectivity index (χ2v) is 14.9. The van der Waals surface area contributed by atoms with Gasteiger partial charge >= 0.3 is 35.8 Å². The Labute approximate surface area is 462 Å². The highest BCUT2D eigenvalue weighted by atomic mass is 79.9. The molecular weight excluding hydrogens is 1090 g/mol. The standard InChI is InChI=1S/C11H12O5.C9H7NO3.C9H17NO.C9H8O5.C9H12O4.C8H9NO.BrH/c1-14-7-4-5-8(10(12)15-2)9(6-7)11(13)16-3;1-13-5-2-3-6-7(4-5)9(12)10-8(6)11;1-3-4-7-10-8-5-6-9-11-2;1-14-5-2-3-6(8(10)11)7(4-5)9(12)13;1-3-5-8(10)13-9(11)6-4-7-12-2;10-8-2-1-6-4-9-5-7(6)3-8;/h4-6H,1-3H3;2-4H,1H3,(H,10,11,12);3-6,10H,7-9H2,1-2H3;2-4H,1H3,(H,10,11)(H,12,13);3-6H,7H2,1-2H3;1-3,9-10H,4-5H2;1H/b;;4-3+,6-5+;;5-3+,6-4+;;. The average molecular weight is 1150 g/mol. The van der Waals surface area contributed by atoms with Crippen molar-refractivity contribution in [3.8, 4) is 23.0 Å². The number of carbonyl (C=O) groups is 8. The number of methoxy groups -OCH3 is 7. The molecule has 2 aliphatic heterocycles. The van der Waals surface area contributed by atoms with Gasteiger partial charge in [-0.25, -0.2) is 28.8 Å². The van der Waals surface area contributed by atoms with Crippen LogP contribution in [0, 0.1) is 0 Å². The van der Waals surface area contributed by atoms with Gasteiger partial charge in [-0.05, 0) is 91.7 Å². The molecule has 2 heterocycles. The lowest BCUT2D eigenvalue weighted by Gasteiger charge is -2.08. The molecule has 23 heteroatoms. The van der Waals surface area contributed by atoms with Crippen molar-refractivity contribution in [2.75, 3.05) is 76.1 Å². The third kappa shape index (κ3) is 25.8. The molecule has 22 nitrogen and oxygen atoms in total. The predicted octanol–water partition coefficient (Wildman–Crippen LogP) is 6.70. The molecular formula is C55H66BrN3O19. The fourth-order valence-corrected chi connectivity index (χ4v) is 5.95. The van der Waals surface area contributed by atoms with Gasteiger partial charge in [0.15, 0.2) is 0 Å². The van der Waals surface area contributed by atoms with Crippen LogP contribution in [-0.4, -0.2) is 139 Å². The molecule has 0 saturated carbocycles. The largest absolute Gasteiger partial charge is 0.508 e. The van der Waals surface area contributed by atoms with Crippen molar-refractivity contribution >= 4 is 64.6 Å². The van der Waals surface area contributed by atoms with E-state index in [0.717, 1.165) is 32.3 Å². The first-order valence-electron chi connectivity index (χ1n) is 22.9. The summed E-state index contributed by atoms with van der Waals surface area (Å²) >= 11 is 0. The lowest BCUT2D eigenvalue weighted by molar-refractivity contribution is -0.152. The molecule has 4 aromatic carbocycles. The van der Waals surface area contributed by atoms with Gasteiger partial charge in [0.25, 0.3) is 11.8 Å². The number of imide groups is 1. The number of phenolic OH excluding ortho intramolecular Hbond substituents is 1. The van der Waals surface area contributed by atoms with E-state index in [0.29, 0.717) is 47.3 Å². The summed E-state index contributed by atoms with van der Waals surface area (Å²) in [6.45, 7) is 8.37. The number of amides is 2. The number of halogens is 1. The van der Waals surface area contributed by atoms with Crippen molar-refractivity contribution in [3.05, 3.63) is 166 Å². The third-order valence-corrected chi connectivity index (χ3v) is 9.70. The first-order valence-corrected chi connectivity index (χ1v) is 22.9. The summed E-state index contributed by atoms with van der Waals surface area (Å²) in [4.78, 5) is 87.9. The summed E-state index contributed by atoms with van der Waals surface area (Å²) in [5.41, 5.74) is 3.05. The van der Waals surface area contributed by atoms with Gasteiger partial charge in [0.1, 0.15) is 23.0 Å². The molecule has 4 aromatic rings. The van der Waals surface area contributed by atoms with E-state index in [1.54, 1.807) is 44.4 Å². The van der Waals surface area contributed by atoms with E-state index < -0.39 is 35.8 Å². The monoisotopic (exact) mass is 1150 g/mol. The normalized spacial score (nSPS) is 11.4. The zero-order valence-corrected chi connectivity index (χ0v) is 46.3. The number of phenols is 1. The Morgan fingerprint density at radius 3 is 1.63 bits per heavy atom. The van der Waals surface area contributed by atoms with Crippen LogP contribution in [0.25, 0.3) is 0 Å². The van der Waals surface area contributed by atoms with Crippen LogP contribution in [0.15, 0.2) is 121 Å². The fraction of sp³-hybridized carbons (Fsp3) is 0.273. The molecule has 0 bridgehead atoms. The summed E-state index contributed by atoms with van der Waals surface area (Å²) < 4.78 is 37.6. The Morgan fingerprint density at radius 1 is 0.551 bits per heavy atom. The summed E-state index contributed by atoms with van der Waals surface area (Å²) in [6, 6.07) is 18.5. The van der Waals surface area contributed by atoms with E-state index >= 15 is 0 Å². The minimum Gasteiger partial charge on any atom is -0.508 e. The van der Waals surface area contributed by atoms with Gasteiger partial charge in [-0.15, -0.1) is 17.0 Å². The van der Waals surface area contributed by atoms with Crippen LogP contribution in [0.1, 0.15) is 87.1 Å². The van der Waals surface area contributed by atoms with Gasteiger partial charge in [-0.1, -0.05) is 42.5 Å². The number of carboxylic acid groups (broad SMARTS) is 2. The van der Waals surface area contributed by atoms with Gasteiger partial charge in [0.05, 0.1) is 82.1 Å². The topological polar surface area (TPSA) is 307 Å². The first kappa shape index (κ1) is 69.5. The van der Waals surface area contributed by atoms with Crippen LogP contribution in [0.3, 0.4) is 0 Å². The molecule has 6 N–H and O–H groups in total. The molecule has 6 rings (SSSR count). The molecule has 0 aromatic heterocycles. The molecule has 0 fully saturated rings. The molecule has 0 atom stereocenters. The van der Waals surface area contributed by atoms with Crippen molar-refractivity contribution in [2.45, 2.75) is 26.9 Å².